The molecule has 0 radical (unpaired) electrons. The van der Waals surface area contributed by atoms with Crippen molar-refractivity contribution < 1.29 is 22.0 Å². The predicted molar refractivity (Wildman–Crippen MR) is 64.7 cm³/mol. The standard InChI is InChI=1S/C14H10F5N/c1-7-4-8(2-3-9(7)15)6-20-14-12(18)10(16)5-11(17)13(14)19/h2-5,20H,6H2,1H3. The summed E-state index contributed by atoms with van der Waals surface area (Å²) in [7, 11) is 0. The van der Waals surface area contributed by atoms with Crippen molar-refractivity contribution in [3.63, 3.8) is 0 Å². The number of benzene rings is 2. The molecule has 0 aliphatic heterocycles. The molecule has 0 unspecified atom stereocenters. The summed E-state index contributed by atoms with van der Waals surface area (Å²) in [5.74, 6) is -6.38. The zero-order valence-electron chi connectivity index (χ0n) is 10.4. The van der Waals surface area contributed by atoms with Crippen LogP contribution < -0.4 is 5.32 Å². The first-order valence-corrected chi connectivity index (χ1v) is 5.72. The van der Waals surface area contributed by atoms with E-state index in [1.54, 1.807) is 0 Å². The summed E-state index contributed by atoms with van der Waals surface area (Å²) in [6.45, 7) is 1.43. The lowest BCUT2D eigenvalue weighted by Gasteiger charge is -2.10. The van der Waals surface area contributed by atoms with Gasteiger partial charge in [0.25, 0.3) is 0 Å². The Hall–Kier alpha value is -2.11. The first-order chi connectivity index (χ1) is 9.40. The second-order valence-electron chi connectivity index (χ2n) is 4.28. The van der Waals surface area contributed by atoms with Gasteiger partial charge in [0.05, 0.1) is 0 Å². The van der Waals surface area contributed by atoms with Gasteiger partial charge in [-0.3, -0.25) is 0 Å². The molecule has 2 aromatic rings. The average Bonchev–Trinajstić information content (AvgIpc) is 2.40. The molecule has 0 aliphatic carbocycles. The molecule has 0 aromatic heterocycles. The monoisotopic (exact) mass is 287 g/mol. The van der Waals surface area contributed by atoms with Gasteiger partial charge in [-0.05, 0) is 24.1 Å². The highest BCUT2D eigenvalue weighted by Gasteiger charge is 2.18. The van der Waals surface area contributed by atoms with Gasteiger partial charge < -0.3 is 5.32 Å². The summed E-state index contributed by atoms with van der Waals surface area (Å²) in [5, 5.41) is 2.27. The van der Waals surface area contributed by atoms with Crippen LogP contribution in [0.2, 0.25) is 0 Å². The highest BCUT2D eigenvalue weighted by molar-refractivity contribution is 5.47. The zero-order valence-corrected chi connectivity index (χ0v) is 10.4. The minimum atomic E-state index is -1.50. The van der Waals surface area contributed by atoms with Gasteiger partial charge in [-0.25, -0.2) is 22.0 Å². The van der Waals surface area contributed by atoms with Crippen molar-refractivity contribution in [1.82, 2.24) is 0 Å². The van der Waals surface area contributed by atoms with Gasteiger partial charge in [-0.15, -0.1) is 0 Å². The molecule has 0 aliphatic rings. The van der Waals surface area contributed by atoms with Crippen molar-refractivity contribution in [2.75, 3.05) is 5.32 Å². The molecular formula is C14H10F5N. The second-order valence-corrected chi connectivity index (χ2v) is 4.28. The van der Waals surface area contributed by atoms with Crippen LogP contribution in [0.15, 0.2) is 24.3 Å². The predicted octanol–water partition coefficient (Wildman–Crippen LogP) is 4.30. The SMILES string of the molecule is Cc1cc(CNc2c(F)c(F)cc(F)c2F)ccc1F. The van der Waals surface area contributed by atoms with E-state index < -0.39 is 34.8 Å². The minimum Gasteiger partial charge on any atom is -0.376 e. The quantitative estimate of drug-likeness (QED) is 0.655. The van der Waals surface area contributed by atoms with Gasteiger partial charge in [0.15, 0.2) is 23.3 Å². The Kier molecular flexibility index (Phi) is 3.92. The minimum absolute atomic E-state index is 0.0994. The Morgan fingerprint density at radius 2 is 1.45 bits per heavy atom. The number of rotatable bonds is 3. The van der Waals surface area contributed by atoms with E-state index in [4.69, 9.17) is 0 Å². The molecule has 0 atom stereocenters. The molecular weight excluding hydrogens is 277 g/mol. The first-order valence-electron chi connectivity index (χ1n) is 5.72. The summed E-state index contributed by atoms with van der Waals surface area (Å²) < 4.78 is 65.8. The van der Waals surface area contributed by atoms with E-state index in [1.807, 2.05) is 0 Å². The molecule has 0 heterocycles. The Morgan fingerprint density at radius 3 is 2.00 bits per heavy atom. The molecule has 0 amide bonds. The van der Waals surface area contributed by atoms with Gasteiger partial charge in [0, 0.05) is 12.6 Å². The second kappa shape index (κ2) is 5.48. The van der Waals surface area contributed by atoms with E-state index in [0.717, 1.165) is 0 Å². The van der Waals surface area contributed by atoms with Gasteiger partial charge in [-0.1, -0.05) is 12.1 Å². The van der Waals surface area contributed by atoms with Crippen molar-refractivity contribution >= 4 is 5.69 Å². The fraction of sp³-hybridized carbons (Fsp3) is 0.143. The lowest BCUT2D eigenvalue weighted by molar-refractivity contribution is 0.458. The molecule has 1 N–H and O–H groups in total. The fourth-order valence-electron chi connectivity index (χ4n) is 1.74. The van der Waals surface area contributed by atoms with E-state index in [-0.39, 0.29) is 12.6 Å². The lowest BCUT2D eigenvalue weighted by Crippen LogP contribution is -2.07. The van der Waals surface area contributed by atoms with Crippen LogP contribution in [0.1, 0.15) is 11.1 Å². The molecule has 0 saturated heterocycles. The maximum Gasteiger partial charge on any atom is 0.185 e. The number of hydrogen-bond donors (Lipinski definition) is 1. The topological polar surface area (TPSA) is 12.0 Å². The first kappa shape index (κ1) is 14.3. The van der Waals surface area contributed by atoms with Crippen molar-refractivity contribution in [2.24, 2.45) is 0 Å². The maximum atomic E-state index is 13.4. The van der Waals surface area contributed by atoms with Crippen LogP contribution in [-0.2, 0) is 6.54 Å². The van der Waals surface area contributed by atoms with Crippen LogP contribution in [0.3, 0.4) is 0 Å². The van der Waals surface area contributed by atoms with Crippen molar-refractivity contribution in [2.45, 2.75) is 13.5 Å². The van der Waals surface area contributed by atoms with E-state index in [1.165, 1.54) is 25.1 Å². The Morgan fingerprint density at radius 1 is 0.850 bits per heavy atom. The van der Waals surface area contributed by atoms with Crippen LogP contribution >= 0.6 is 0 Å². The summed E-state index contributed by atoms with van der Waals surface area (Å²) in [6.07, 6.45) is 0. The van der Waals surface area contributed by atoms with Crippen molar-refractivity contribution in [1.29, 1.82) is 0 Å². The Balaban J connectivity index is 2.25. The number of hydrogen-bond acceptors (Lipinski definition) is 1. The number of aryl methyl sites for hydroxylation is 1. The van der Waals surface area contributed by atoms with E-state index in [0.29, 0.717) is 11.1 Å². The molecule has 2 aromatic carbocycles. The smallest absolute Gasteiger partial charge is 0.185 e. The number of anilines is 1. The van der Waals surface area contributed by atoms with E-state index in [2.05, 4.69) is 5.32 Å². The summed E-state index contributed by atoms with van der Waals surface area (Å²) in [6, 6.07) is 4.21. The molecule has 106 valence electrons. The van der Waals surface area contributed by atoms with Crippen LogP contribution in [0.4, 0.5) is 27.6 Å². The fourth-order valence-corrected chi connectivity index (χ4v) is 1.74. The van der Waals surface area contributed by atoms with E-state index >= 15 is 0 Å². The molecule has 20 heavy (non-hydrogen) atoms. The average molecular weight is 287 g/mol. The zero-order chi connectivity index (χ0) is 14.9. The number of nitrogens with one attached hydrogen (secondary N) is 1. The normalized spacial score (nSPS) is 10.7. The molecule has 0 spiro atoms. The molecule has 1 nitrogen and oxygen atoms in total. The summed E-state index contributed by atoms with van der Waals surface area (Å²) in [4.78, 5) is 0. The molecule has 0 fully saturated rings. The lowest BCUT2D eigenvalue weighted by atomic mass is 10.1. The third kappa shape index (κ3) is 2.74. The maximum absolute atomic E-state index is 13.4. The van der Waals surface area contributed by atoms with Crippen LogP contribution in [-0.4, -0.2) is 0 Å². The third-order valence-electron chi connectivity index (χ3n) is 2.80. The van der Waals surface area contributed by atoms with Crippen LogP contribution in [0.5, 0.6) is 0 Å². The Bertz CT molecular complexity index is 628. The summed E-state index contributed by atoms with van der Waals surface area (Å²) in [5.41, 5.74) is -0.00693. The largest absolute Gasteiger partial charge is 0.376 e. The van der Waals surface area contributed by atoms with Gasteiger partial charge in [0.2, 0.25) is 0 Å². The molecule has 0 saturated carbocycles. The van der Waals surface area contributed by atoms with Crippen LogP contribution in [0, 0.1) is 36.0 Å². The van der Waals surface area contributed by atoms with Gasteiger partial charge >= 0.3 is 0 Å². The summed E-state index contributed by atoms with van der Waals surface area (Å²) >= 11 is 0. The van der Waals surface area contributed by atoms with E-state index in [9.17, 15) is 22.0 Å². The van der Waals surface area contributed by atoms with Gasteiger partial charge in [-0.2, -0.15) is 0 Å². The molecule has 2 rings (SSSR count). The highest BCUT2D eigenvalue weighted by atomic mass is 19.2. The number of halogens is 5. The highest BCUT2D eigenvalue weighted by Crippen LogP contribution is 2.24. The van der Waals surface area contributed by atoms with Crippen molar-refractivity contribution in [3.8, 4) is 0 Å². The van der Waals surface area contributed by atoms with Crippen LogP contribution in [0.25, 0.3) is 0 Å². The molecule has 6 heteroatoms. The van der Waals surface area contributed by atoms with Crippen molar-refractivity contribution in [3.05, 3.63) is 64.5 Å². The molecule has 0 bridgehead atoms. The Labute approximate surface area is 112 Å². The third-order valence-corrected chi connectivity index (χ3v) is 2.80. The van der Waals surface area contributed by atoms with Gasteiger partial charge in [0.1, 0.15) is 11.5 Å².